The van der Waals surface area contributed by atoms with Crippen molar-refractivity contribution in [1.82, 2.24) is 4.90 Å². The fraction of sp³-hybridized carbons (Fsp3) is 0.600. The van der Waals surface area contributed by atoms with E-state index in [1.807, 2.05) is 13.8 Å². The molecular formula is C15H19NO2. The van der Waals surface area contributed by atoms with E-state index in [4.69, 9.17) is 0 Å². The van der Waals surface area contributed by atoms with Gasteiger partial charge in [0.25, 0.3) is 0 Å². The minimum atomic E-state index is -0.125. The maximum absolute atomic E-state index is 12.4. The van der Waals surface area contributed by atoms with Gasteiger partial charge in [0, 0.05) is 17.9 Å². The van der Waals surface area contributed by atoms with Crippen LogP contribution in [0.2, 0.25) is 0 Å². The van der Waals surface area contributed by atoms with Gasteiger partial charge in [0.1, 0.15) is 0 Å². The number of imide groups is 1. The Labute approximate surface area is 108 Å². The van der Waals surface area contributed by atoms with Crippen LogP contribution in [0.25, 0.3) is 0 Å². The summed E-state index contributed by atoms with van der Waals surface area (Å²) in [7, 11) is 0. The van der Waals surface area contributed by atoms with Gasteiger partial charge in [-0.15, -0.1) is 0 Å². The number of hydrogen-bond donors (Lipinski definition) is 0. The van der Waals surface area contributed by atoms with E-state index in [1.165, 1.54) is 16.0 Å². The number of fused-ring (bicyclic) bond motifs is 5. The van der Waals surface area contributed by atoms with E-state index in [2.05, 4.69) is 26.0 Å². The largest absolute Gasteiger partial charge is 0.279 e. The molecule has 18 heavy (non-hydrogen) atoms. The summed E-state index contributed by atoms with van der Waals surface area (Å²) in [6.45, 7) is 7.99. The first-order valence-corrected chi connectivity index (χ1v) is 6.67. The van der Waals surface area contributed by atoms with Crippen molar-refractivity contribution < 1.29 is 9.59 Å². The summed E-state index contributed by atoms with van der Waals surface area (Å²) in [5.74, 6) is 0.168. The van der Waals surface area contributed by atoms with Crippen LogP contribution in [0.1, 0.15) is 27.7 Å². The lowest BCUT2D eigenvalue weighted by Crippen LogP contribution is -2.38. The lowest BCUT2D eigenvalue weighted by molar-refractivity contribution is -0.142. The lowest BCUT2D eigenvalue weighted by Gasteiger charge is -2.22. The second-order valence-electron chi connectivity index (χ2n) is 6.08. The smallest absolute Gasteiger partial charge is 0.234 e. The standard InChI is InChI=1S/C15H19NO2/c1-7(2)11-9-5-6-10(11)13-12(9)14(17)16(8(3)4)15(13)18/h5-6,8-10,12-13H,1-4H3/t9-,10-,12-,13+/m1/s1. The second-order valence-corrected chi connectivity index (χ2v) is 6.08. The highest BCUT2D eigenvalue weighted by molar-refractivity contribution is 6.07. The van der Waals surface area contributed by atoms with Gasteiger partial charge in [-0.2, -0.15) is 0 Å². The molecule has 1 heterocycles. The molecule has 0 aromatic heterocycles. The van der Waals surface area contributed by atoms with Crippen molar-refractivity contribution in [3.05, 3.63) is 23.3 Å². The van der Waals surface area contributed by atoms with Crippen LogP contribution in [0.4, 0.5) is 0 Å². The van der Waals surface area contributed by atoms with Crippen LogP contribution in [0.3, 0.4) is 0 Å². The van der Waals surface area contributed by atoms with Crippen molar-refractivity contribution in [2.45, 2.75) is 33.7 Å². The monoisotopic (exact) mass is 245 g/mol. The molecule has 4 atom stereocenters. The summed E-state index contributed by atoms with van der Waals surface area (Å²) in [6, 6.07) is -0.0230. The van der Waals surface area contributed by atoms with Crippen LogP contribution in [0, 0.1) is 23.7 Å². The van der Waals surface area contributed by atoms with Gasteiger partial charge >= 0.3 is 0 Å². The third-order valence-electron chi connectivity index (χ3n) is 4.54. The van der Waals surface area contributed by atoms with E-state index in [9.17, 15) is 9.59 Å². The lowest BCUT2D eigenvalue weighted by atomic mass is 9.85. The molecule has 1 aliphatic heterocycles. The van der Waals surface area contributed by atoms with Crippen molar-refractivity contribution >= 4 is 11.8 Å². The fourth-order valence-electron chi connectivity index (χ4n) is 3.96. The molecule has 0 spiro atoms. The van der Waals surface area contributed by atoms with Gasteiger partial charge in [0.2, 0.25) is 11.8 Å². The molecule has 0 aromatic carbocycles. The Morgan fingerprint density at radius 3 is 1.83 bits per heavy atom. The van der Waals surface area contributed by atoms with Crippen LogP contribution in [0.15, 0.2) is 23.3 Å². The topological polar surface area (TPSA) is 37.4 Å². The first-order valence-electron chi connectivity index (χ1n) is 6.67. The van der Waals surface area contributed by atoms with Gasteiger partial charge in [-0.1, -0.05) is 23.3 Å². The summed E-state index contributed by atoms with van der Waals surface area (Å²) in [6.07, 6.45) is 4.26. The molecule has 0 unspecified atom stereocenters. The first kappa shape index (κ1) is 11.7. The van der Waals surface area contributed by atoms with Crippen LogP contribution in [0.5, 0.6) is 0 Å². The number of carbonyl (C=O) groups is 2. The predicted molar refractivity (Wildman–Crippen MR) is 68.5 cm³/mol. The van der Waals surface area contributed by atoms with E-state index in [0.717, 1.165) is 0 Å². The molecule has 3 aliphatic rings. The number of carbonyl (C=O) groups excluding carboxylic acids is 2. The molecule has 0 N–H and O–H groups in total. The molecule has 3 rings (SSSR count). The van der Waals surface area contributed by atoms with E-state index in [-0.39, 0.29) is 41.5 Å². The van der Waals surface area contributed by atoms with Crippen LogP contribution in [-0.2, 0) is 9.59 Å². The average Bonchev–Trinajstić information content (AvgIpc) is 2.88. The van der Waals surface area contributed by atoms with Crippen molar-refractivity contribution in [2.75, 3.05) is 0 Å². The first-order chi connectivity index (χ1) is 8.45. The maximum Gasteiger partial charge on any atom is 0.234 e. The highest BCUT2D eigenvalue weighted by Crippen LogP contribution is 2.56. The van der Waals surface area contributed by atoms with Gasteiger partial charge in [-0.25, -0.2) is 0 Å². The van der Waals surface area contributed by atoms with Gasteiger partial charge in [-0.05, 0) is 27.7 Å². The highest BCUT2D eigenvalue weighted by Gasteiger charge is 2.61. The Balaban J connectivity index is 2.06. The zero-order chi connectivity index (χ0) is 13.2. The molecule has 96 valence electrons. The summed E-state index contributed by atoms with van der Waals surface area (Å²) in [5, 5.41) is 0. The third-order valence-corrected chi connectivity index (χ3v) is 4.54. The quantitative estimate of drug-likeness (QED) is 0.524. The normalized spacial score (nSPS) is 37.2. The Morgan fingerprint density at radius 1 is 1.06 bits per heavy atom. The Hall–Kier alpha value is -1.38. The van der Waals surface area contributed by atoms with Crippen molar-refractivity contribution in [3.8, 4) is 0 Å². The molecule has 1 saturated heterocycles. The van der Waals surface area contributed by atoms with Crippen LogP contribution in [-0.4, -0.2) is 22.8 Å². The highest BCUT2D eigenvalue weighted by atomic mass is 16.2. The molecule has 0 aromatic rings. The second kappa shape index (κ2) is 3.56. The summed E-state index contributed by atoms with van der Waals surface area (Å²) in [5.41, 5.74) is 2.58. The molecule has 3 nitrogen and oxygen atoms in total. The number of likely N-dealkylation sites (tertiary alicyclic amines) is 1. The molecule has 2 aliphatic carbocycles. The van der Waals surface area contributed by atoms with Crippen LogP contribution < -0.4 is 0 Å². The van der Waals surface area contributed by atoms with E-state index in [0.29, 0.717) is 0 Å². The summed E-state index contributed by atoms with van der Waals surface area (Å²) >= 11 is 0. The number of hydrogen-bond acceptors (Lipinski definition) is 2. The molecule has 1 saturated carbocycles. The third kappa shape index (κ3) is 1.20. The number of nitrogens with zero attached hydrogens (tertiary/aromatic N) is 1. The SMILES string of the molecule is CC(C)=C1[C@H]2C=C[C@H]1[C@H]1C(=O)N(C(C)C)C(=O)[C@H]12. The van der Waals surface area contributed by atoms with E-state index < -0.39 is 0 Å². The number of amides is 2. The molecule has 2 amide bonds. The maximum atomic E-state index is 12.4. The van der Waals surface area contributed by atoms with E-state index >= 15 is 0 Å². The van der Waals surface area contributed by atoms with Crippen LogP contribution >= 0.6 is 0 Å². The fourth-order valence-corrected chi connectivity index (χ4v) is 3.96. The van der Waals surface area contributed by atoms with E-state index in [1.54, 1.807) is 0 Å². The summed E-state index contributed by atoms with van der Waals surface area (Å²) < 4.78 is 0. The predicted octanol–water partition coefficient (Wildman–Crippen LogP) is 2.15. The molecular weight excluding hydrogens is 226 g/mol. The summed E-state index contributed by atoms with van der Waals surface area (Å²) in [4.78, 5) is 26.4. The Morgan fingerprint density at radius 2 is 1.50 bits per heavy atom. The zero-order valence-corrected chi connectivity index (χ0v) is 11.3. The number of rotatable bonds is 1. The van der Waals surface area contributed by atoms with Gasteiger partial charge < -0.3 is 0 Å². The van der Waals surface area contributed by atoms with Crippen molar-refractivity contribution in [3.63, 3.8) is 0 Å². The molecule has 2 fully saturated rings. The minimum Gasteiger partial charge on any atom is -0.279 e. The van der Waals surface area contributed by atoms with Crippen molar-refractivity contribution in [2.24, 2.45) is 23.7 Å². The Kier molecular flexibility index (Phi) is 2.31. The molecule has 2 bridgehead atoms. The number of allylic oxidation sites excluding steroid dienone is 4. The van der Waals surface area contributed by atoms with Crippen molar-refractivity contribution in [1.29, 1.82) is 0 Å². The minimum absolute atomic E-state index is 0.0230. The average molecular weight is 245 g/mol. The van der Waals surface area contributed by atoms with Gasteiger partial charge in [0.15, 0.2) is 0 Å². The van der Waals surface area contributed by atoms with Gasteiger partial charge in [0.05, 0.1) is 11.8 Å². The Bertz CT molecular complexity index is 463. The van der Waals surface area contributed by atoms with Gasteiger partial charge in [-0.3, -0.25) is 14.5 Å². The molecule has 0 radical (unpaired) electrons. The molecule has 3 heteroatoms. The zero-order valence-electron chi connectivity index (χ0n) is 11.3.